The Balaban J connectivity index is 1.81. The number of hydrogen-bond donors (Lipinski definition) is 3. The highest BCUT2D eigenvalue weighted by atomic mass is 32.2. The summed E-state index contributed by atoms with van der Waals surface area (Å²) in [7, 11) is -4.18. The highest BCUT2D eigenvalue weighted by Gasteiger charge is 2.35. The molecule has 11 heteroatoms. The molecule has 0 amide bonds. The molecule has 0 aliphatic carbocycles. The molecule has 180 valence electrons. The lowest BCUT2D eigenvalue weighted by Crippen LogP contribution is -2.24. The Bertz CT molecular complexity index is 1270. The van der Waals surface area contributed by atoms with Crippen molar-refractivity contribution in [1.29, 1.82) is 0 Å². The highest BCUT2D eigenvalue weighted by Crippen LogP contribution is 2.38. The molecule has 1 aromatic carbocycles. The van der Waals surface area contributed by atoms with E-state index in [9.17, 15) is 21.6 Å². The summed E-state index contributed by atoms with van der Waals surface area (Å²) >= 11 is 0. The third-order valence-corrected chi connectivity index (χ3v) is 6.62. The zero-order chi connectivity index (χ0) is 24.2. The number of nitrogens with one attached hydrogen (secondary N) is 3. The summed E-state index contributed by atoms with van der Waals surface area (Å²) in [4.78, 5) is 8.24. The number of alkyl halides is 3. The van der Waals surface area contributed by atoms with Crippen LogP contribution in [0.4, 0.5) is 24.8 Å². The lowest BCUT2D eigenvalue weighted by atomic mass is 9.96. The number of halogens is 3. The molecule has 0 spiro atoms. The Morgan fingerprint density at radius 2 is 1.65 bits per heavy atom. The van der Waals surface area contributed by atoms with Gasteiger partial charge in [-0.2, -0.15) is 21.6 Å². The lowest BCUT2D eigenvalue weighted by molar-refractivity contribution is -0.137. The molecule has 1 aliphatic heterocycles. The number of aromatic nitrogens is 2. The van der Waals surface area contributed by atoms with Gasteiger partial charge in [-0.05, 0) is 55.6 Å². The third-order valence-electron chi connectivity index (χ3n) is 5.37. The van der Waals surface area contributed by atoms with Gasteiger partial charge in [0, 0.05) is 18.7 Å². The summed E-state index contributed by atoms with van der Waals surface area (Å²) in [5.74, 6) is 0.157. The van der Waals surface area contributed by atoms with Gasteiger partial charge in [0.2, 0.25) is 0 Å². The number of rotatable bonds is 0. The molecule has 0 unspecified atom stereocenters. The molecule has 3 aromatic rings. The van der Waals surface area contributed by atoms with Crippen LogP contribution >= 0.6 is 0 Å². The van der Waals surface area contributed by atoms with E-state index in [0.29, 0.717) is 30.9 Å². The van der Waals surface area contributed by atoms with E-state index in [0.717, 1.165) is 37.1 Å². The van der Waals surface area contributed by atoms with E-state index in [4.69, 9.17) is 0 Å². The molecule has 4 rings (SSSR count). The Kier molecular flexibility index (Phi) is 7.03. The van der Waals surface area contributed by atoms with E-state index in [1.54, 1.807) is 30.3 Å². The van der Waals surface area contributed by atoms with Gasteiger partial charge in [0.1, 0.15) is 11.6 Å². The van der Waals surface area contributed by atoms with Gasteiger partial charge in [-0.15, -0.1) is 0 Å². The van der Waals surface area contributed by atoms with Crippen LogP contribution in [0.1, 0.15) is 24.0 Å². The molecule has 7 nitrogen and oxygen atoms in total. The van der Waals surface area contributed by atoms with Crippen LogP contribution in [0.3, 0.4) is 0 Å². The predicted octanol–water partition coefficient (Wildman–Crippen LogP) is 4.30. The second kappa shape index (κ2) is 9.98. The van der Waals surface area contributed by atoms with Crippen LogP contribution in [0.5, 0.6) is 0 Å². The van der Waals surface area contributed by atoms with Crippen LogP contribution in [0.2, 0.25) is 0 Å². The van der Waals surface area contributed by atoms with Crippen LogP contribution in [0, 0.1) is 0 Å². The first-order valence-corrected chi connectivity index (χ1v) is 12.3. The summed E-state index contributed by atoms with van der Waals surface area (Å²) in [6, 6.07) is 13.1. The molecule has 2 aromatic heterocycles. The Hall–Kier alpha value is -3.18. The largest absolute Gasteiger partial charge is 0.418 e. The first-order valence-electron chi connectivity index (χ1n) is 10.8. The Morgan fingerprint density at radius 1 is 0.824 bits per heavy atom. The SMILES string of the molecule is O=S1(=O)Nc2ccc(C(F)(F)F)c(n2)-c2ccccc2CCCCNCCNc2cccc1n2. The van der Waals surface area contributed by atoms with Gasteiger partial charge >= 0.3 is 6.18 Å². The molecule has 0 fully saturated rings. The molecule has 0 saturated carbocycles. The number of hydrogen-bond acceptors (Lipinski definition) is 6. The zero-order valence-electron chi connectivity index (χ0n) is 18.2. The number of aryl methyl sites for hydroxylation is 1. The number of sulfonamides is 1. The maximum absolute atomic E-state index is 13.8. The first-order chi connectivity index (χ1) is 16.2. The smallest absolute Gasteiger partial charge is 0.369 e. The van der Waals surface area contributed by atoms with E-state index in [2.05, 4.69) is 25.3 Å². The summed E-state index contributed by atoms with van der Waals surface area (Å²) in [6.07, 6.45) is -2.47. The minimum Gasteiger partial charge on any atom is -0.369 e. The van der Waals surface area contributed by atoms with Crippen molar-refractivity contribution in [2.75, 3.05) is 29.7 Å². The normalized spacial score (nSPS) is 16.8. The fourth-order valence-corrected chi connectivity index (χ4v) is 4.71. The van der Waals surface area contributed by atoms with E-state index < -0.39 is 21.8 Å². The minimum atomic E-state index is -4.66. The summed E-state index contributed by atoms with van der Waals surface area (Å²) in [5.41, 5.74) is -0.193. The number of benzene rings is 1. The van der Waals surface area contributed by atoms with Crippen LogP contribution in [-0.2, 0) is 22.6 Å². The number of anilines is 2. The van der Waals surface area contributed by atoms with E-state index in [-0.39, 0.29) is 16.5 Å². The van der Waals surface area contributed by atoms with E-state index in [1.165, 1.54) is 12.1 Å². The fourth-order valence-electron chi connectivity index (χ4n) is 3.74. The summed E-state index contributed by atoms with van der Waals surface area (Å²) < 4.78 is 69.6. The molecule has 0 radical (unpaired) electrons. The van der Waals surface area contributed by atoms with Gasteiger partial charge in [-0.1, -0.05) is 30.3 Å². The molecule has 0 saturated heterocycles. The average Bonchev–Trinajstić information content (AvgIpc) is 2.80. The summed E-state index contributed by atoms with van der Waals surface area (Å²) in [5, 5.41) is 6.08. The van der Waals surface area contributed by atoms with Gasteiger partial charge in [0.25, 0.3) is 10.0 Å². The second-order valence-corrected chi connectivity index (χ2v) is 9.48. The highest BCUT2D eigenvalue weighted by molar-refractivity contribution is 7.92. The van der Waals surface area contributed by atoms with Gasteiger partial charge in [0.05, 0.1) is 11.3 Å². The van der Waals surface area contributed by atoms with Crippen molar-refractivity contribution < 1.29 is 21.6 Å². The maximum atomic E-state index is 13.8. The first kappa shape index (κ1) is 24.0. The standard InChI is InChI=1S/C23H24F3N5O2S/c24-23(25,26)18-11-12-20-30-22(18)17-8-2-1-6-16(17)7-3-4-13-27-14-15-28-19-9-5-10-21(29-19)34(32,33)31-20/h1-2,5-6,8-12,27H,3-4,7,13-15H2,(H,28,29)(H,30,31). The molecule has 4 bridgehead atoms. The van der Waals surface area contributed by atoms with Crippen molar-refractivity contribution >= 4 is 21.7 Å². The van der Waals surface area contributed by atoms with Crippen LogP contribution in [0.15, 0.2) is 59.6 Å². The van der Waals surface area contributed by atoms with Crippen molar-refractivity contribution in [2.45, 2.75) is 30.5 Å². The zero-order valence-corrected chi connectivity index (χ0v) is 19.0. The van der Waals surface area contributed by atoms with Crippen molar-refractivity contribution in [3.8, 4) is 11.3 Å². The van der Waals surface area contributed by atoms with E-state index in [1.807, 2.05) is 0 Å². The van der Waals surface area contributed by atoms with E-state index >= 15 is 0 Å². The van der Waals surface area contributed by atoms with Crippen LogP contribution in [-0.4, -0.2) is 38.0 Å². The number of nitrogens with zero attached hydrogens (tertiary/aromatic N) is 2. The quantitative estimate of drug-likeness (QED) is 0.434. The number of pyridine rings is 2. The van der Waals surface area contributed by atoms with Gasteiger partial charge in [-0.25, -0.2) is 9.97 Å². The monoisotopic (exact) mass is 491 g/mol. The molecular formula is C23H24F3N5O2S. The topological polar surface area (TPSA) is 96.0 Å². The molecule has 3 N–H and O–H groups in total. The van der Waals surface area contributed by atoms with Gasteiger partial charge < -0.3 is 10.6 Å². The lowest BCUT2D eigenvalue weighted by Gasteiger charge is -2.17. The van der Waals surface area contributed by atoms with Crippen LogP contribution in [0.25, 0.3) is 11.3 Å². The molecule has 1 aliphatic rings. The Morgan fingerprint density at radius 3 is 2.47 bits per heavy atom. The Labute approximate surface area is 195 Å². The third kappa shape index (κ3) is 5.65. The average molecular weight is 492 g/mol. The van der Waals surface area contributed by atoms with Crippen molar-refractivity contribution in [3.05, 3.63) is 65.7 Å². The molecule has 3 heterocycles. The predicted molar refractivity (Wildman–Crippen MR) is 124 cm³/mol. The molecular weight excluding hydrogens is 467 g/mol. The second-order valence-electron chi connectivity index (χ2n) is 7.85. The van der Waals surface area contributed by atoms with Gasteiger partial charge in [-0.3, -0.25) is 4.72 Å². The van der Waals surface area contributed by atoms with Crippen LogP contribution < -0.4 is 15.4 Å². The fraction of sp³-hybridized carbons (Fsp3) is 0.304. The molecule has 34 heavy (non-hydrogen) atoms. The number of fused-ring (bicyclic) bond motifs is 6. The van der Waals surface area contributed by atoms with Crippen molar-refractivity contribution in [2.24, 2.45) is 0 Å². The van der Waals surface area contributed by atoms with Crippen molar-refractivity contribution in [1.82, 2.24) is 15.3 Å². The minimum absolute atomic E-state index is 0.219. The van der Waals surface area contributed by atoms with Crippen molar-refractivity contribution in [3.63, 3.8) is 0 Å². The summed E-state index contributed by atoms with van der Waals surface area (Å²) in [6.45, 7) is 1.95. The molecule has 0 atom stereocenters. The van der Waals surface area contributed by atoms with Gasteiger partial charge in [0.15, 0.2) is 5.03 Å². The maximum Gasteiger partial charge on any atom is 0.418 e.